The highest BCUT2D eigenvalue weighted by atomic mass is 35.5. The fraction of sp³-hybridized carbons (Fsp3) is 0.500. The molecule has 0 saturated heterocycles. The Bertz CT molecular complexity index is 778. The monoisotopic (exact) mass is 388 g/mol. The third kappa shape index (κ3) is 3.94. The van der Waals surface area contributed by atoms with Gasteiger partial charge < -0.3 is 9.47 Å². The Morgan fingerprint density at radius 1 is 1.15 bits per heavy atom. The zero-order valence-electron chi connectivity index (χ0n) is 15.2. The zero-order valence-corrected chi connectivity index (χ0v) is 16.8. The Morgan fingerprint density at radius 3 is 2.69 bits per heavy atom. The van der Waals surface area contributed by atoms with Gasteiger partial charge in [-0.3, -0.25) is 0 Å². The summed E-state index contributed by atoms with van der Waals surface area (Å²) in [6.07, 6.45) is 10.2. The van der Waals surface area contributed by atoms with Crippen LogP contribution >= 0.6 is 23.4 Å². The maximum atomic E-state index is 6.07. The molecule has 2 heterocycles. The summed E-state index contributed by atoms with van der Waals surface area (Å²) in [5, 5.41) is 1.83. The van der Waals surface area contributed by atoms with E-state index in [1.54, 1.807) is 0 Å². The smallest absolute Gasteiger partial charge is 0.170 e. The molecule has 1 aromatic heterocycles. The van der Waals surface area contributed by atoms with Gasteiger partial charge in [0.25, 0.3) is 0 Å². The maximum absolute atomic E-state index is 6.07. The molecule has 2 aromatic rings. The van der Waals surface area contributed by atoms with Crippen molar-refractivity contribution in [1.29, 1.82) is 0 Å². The fourth-order valence-electron chi connectivity index (χ4n) is 3.82. The fourth-order valence-corrected chi connectivity index (χ4v) is 5.06. The summed E-state index contributed by atoms with van der Waals surface area (Å²) in [6, 6.07) is 8.01. The van der Waals surface area contributed by atoms with Gasteiger partial charge in [-0.2, -0.15) is 0 Å². The van der Waals surface area contributed by atoms with Gasteiger partial charge in [-0.15, -0.1) is 0 Å². The van der Waals surface area contributed by atoms with Gasteiger partial charge in [0.2, 0.25) is 0 Å². The minimum absolute atomic E-state index is 0.757. The first-order valence-corrected chi connectivity index (χ1v) is 10.8. The second-order valence-electron chi connectivity index (χ2n) is 7.22. The van der Waals surface area contributed by atoms with Crippen LogP contribution in [0.4, 0.5) is 11.5 Å². The van der Waals surface area contributed by atoms with Crippen molar-refractivity contribution in [3.8, 4) is 0 Å². The van der Waals surface area contributed by atoms with Gasteiger partial charge in [0.1, 0.15) is 5.69 Å². The molecule has 1 aromatic carbocycles. The molecule has 0 atom stereocenters. The molecule has 26 heavy (non-hydrogen) atoms. The molecule has 4 rings (SSSR count). The first kappa shape index (κ1) is 17.9. The van der Waals surface area contributed by atoms with Crippen molar-refractivity contribution in [1.82, 2.24) is 9.55 Å². The summed E-state index contributed by atoms with van der Waals surface area (Å²) in [4.78, 5) is 11.7. The van der Waals surface area contributed by atoms with Crippen molar-refractivity contribution in [2.75, 3.05) is 10.7 Å². The van der Waals surface area contributed by atoms with Crippen LogP contribution in [0.15, 0.2) is 35.6 Å². The van der Waals surface area contributed by atoms with E-state index in [0.29, 0.717) is 0 Å². The van der Waals surface area contributed by atoms with Gasteiger partial charge in [-0.05, 0) is 36.6 Å². The van der Waals surface area contributed by atoms with Crippen LogP contribution in [-0.2, 0) is 13.6 Å². The van der Waals surface area contributed by atoms with Crippen molar-refractivity contribution in [2.24, 2.45) is 18.0 Å². The number of anilines is 1. The van der Waals surface area contributed by atoms with E-state index in [1.807, 2.05) is 41.8 Å². The molecule has 0 amide bonds. The second-order valence-corrected chi connectivity index (χ2v) is 8.72. The lowest BCUT2D eigenvalue weighted by molar-refractivity contribution is 0.352. The number of aryl methyl sites for hydroxylation is 1. The number of imidazole rings is 1. The molecule has 2 aliphatic rings. The number of benzene rings is 1. The Hall–Kier alpha value is -1.46. The molecular weight excluding hydrogens is 364 g/mol. The standard InChI is InChI=1S/C20H25ClN4S/c1-24-14-22-18-13-25(17-9-7-16(21)8-10-17)20(23-19(18)24)26-12-11-15-5-3-2-4-6-15/h7-10,14-15H,2-6,11-13H2,1H3. The highest BCUT2D eigenvalue weighted by Gasteiger charge is 2.25. The number of aromatic nitrogens is 2. The Kier molecular flexibility index (Phi) is 5.55. The van der Waals surface area contributed by atoms with E-state index >= 15 is 0 Å². The highest BCUT2D eigenvalue weighted by Crippen LogP contribution is 2.34. The SMILES string of the molecule is Cn1cnc2c1N=C(SCCC1CCCCC1)N(c1ccc(Cl)cc1)C2. The minimum atomic E-state index is 0.757. The molecule has 1 aliphatic carbocycles. The van der Waals surface area contributed by atoms with E-state index in [9.17, 15) is 0 Å². The van der Waals surface area contributed by atoms with Crippen LogP contribution in [0.25, 0.3) is 0 Å². The first-order valence-electron chi connectivity index (χ1n) is 9.45. The quantitative estimate of drug-likeness (QED) is 0.665. The van der Waals surface area contributed by atoms with Crippen LogP contribution in [0.2, 0.25) is 5.02 Å². The minimum Gasteiger partial charge on any atom is -0.319 e. The average Bonchev–Trinajstić information content (AvgIpc) is 3.03. The number of hydrogen-bond acceptors (Lipinski definition) is 4. The van der Waals surface area contributed by atoms with Gasteiger partial charge in [-0.1, -0.05) is 55.5 Å². The summed E-state index contributed by atoms with van der Waals surface area (Å²) in [6.45, 7) is 0.757. The molecule has 0 unspecified atom stereocenters. The first-order chi connectivity index (χ1) is 12.7. The topological polar surface area (TPSA) is 33.4 Å². The predicted molar refractivity (Wildman–Crippen MR) is 112 cm³/mol. The number of thioether (sulfide) groups is 1. The molecule has 1 saturated carbocycles. The number of fused-ring (bicyclic) bond motifs is 1. The summed E-state index contributed by atoms with van der Waals surface area (Å²) in [5.74, 6) is 3.01. The van der Waals surface area contributed by atoms with Crippen LogP contribution in [0.3, 0.4) is 0 Å². The van der Waals surface area contributed by atoms with E-state index < -0.39 is 0 Å². The summed E-state index contributed by atoms with van der Waals surface area (Å²) in [5.41, 5.74) is 2.15. The van der Waals surface area contributed by atoms with Crippen molar-refractivity contribution >= 4 is 40.0 Å². The Labute approximate surface area is 164 Å². The van der Waals surface area contributed by atoms with E-state index in [2.05, 4.69) is 22.0 Å². The number of halogens is 1. The van der Waals surface area contributed by atoms with Crippen LogP contribution in [0.5, 0.6) is 0 Å². The highest BCUT2D eigenvalue weighted by molar-refractivity contribution is 8.14. The molecule has 0 bridgehead atoms. The van der Waals surface area contributed by atoms with Gasteiger partial charge >= 0.3 is 0 Å². The Balaban J connectivity index is 1.51. The largest absolute Gasteiger partial charge is 0.319 e. The number of aliphatic imine (C=N–C) groups is 1. The lowest BCUT2D eigenvalue weighted by atomic mass is 9.88. The normalized spacial score (nSPS) is 17.9. The number of amidine groups is 1. The third-order valence-electron chi connectivity index (χ3n) is 5.34. The van der Waals surface area contributed by atoms with Crippen LogP contribution in [-0.4, -0.2) is 20.5 Å². The summed E-state index contributed by atoms with van der Waals surface area (Å²) < 4.78 is 2.01. The molecule has 6 heteroatoms. The van der Waals surface area contributed by atoms with Crippen molar-refractivity contribution in [2.45, 2.75) is 45.1 Å². The van der Waals surface area contributed by atoms with Crippen molar-refractivity contribution in [3.63, 3.8) is 0 Å². The maximum Gasteiger partial charge on any atom is 0.170 e. The second kappa shape index (κ2) is 8.05. The summed E-state index contributed by atoms with van der Waals surface area (Å²) in [7, 11) is 2.01. The van der Waals surface area contributed by atoms with Crippen LogP contribution < -0.4 is 4.90 Å². The molecule has 1 fully saturated rings. The van der Waals surface area contributed by atoms with Gasteiger partial charge in [0.15, 0.2) is 11.0 Å². The zero-order chi connectivity index (χ0) is 17.9. The molecule has 1 aliphatic heterocycles. The molecule has 0 N–H and O–H groups in total. The number of hydrogen-bond donors (Lipinski definition) is 0. The Morgan fingerprint density at radius 2 is 1.92 bits per heavy atom. The molecule has 0 spiro atoms. The number of rotatable bonds is 4. The van der Waals surface area contributed by atoms with E-state index in [-0.39, 0.29) is 0 Å². The van der Waals surface area contributed by atoms with Crippen molar-refractivity contribution < 1.29 is 0 Å². The molecule has 0 radical (unpaired) electrons. The van der Waals surface area contributed by atoms with Crippen LogP contribution in [0.1, 0.15) is 44.2 Å². The average molecular weight is 389 g/mol. The molecular formula is C20H25ClN4S. The molecule has 138 valence electrons. The van der Waals surface area contributed by atoms with E-state index in [1.165, 1.54) is 38.5 Å². The van der Waals surface area contributed by atoms with Gasteiger partial charge in [-0.25, -0.2) is 9.98 Å². The third-order valence-corrected chi connectivity index (χ3v) is 6.60. The van der Waals surface area contributed by atoms with Crippen LogP contribution in [0, 0.1) is 5.92 Å². The van der Waals surface area contributed by atoms with E-state index in [4.69, 9.17) is 16.6 Å². The van der Waals surface area contributed by atoms with E-state index in [0.717, 1.165) is 45.6 Å². The molecule has 4 nitrogen and oxygen atoms in total. The number of nitrogens with zero attached hydrogens (tertiary/aromatic N) is 4. The lowest BCUT2D eigenvalue weighted by Gasteiger charge is -2.29. The summed E-state index contributed by atoms with van der Waals surface area (Å²) >= 11 is 7.95. The van der Waals surface area contributed by atoms with Crippen molar-refractivity contribution in [3.05, 3.63) is 41.3 Å². The van der Waals surface area contributed by atoms with Gasteiger partial charge in [0, 0.05) is 23.5 Å². The predicted octanol–water partition coefficient (Wildman–Crippen LogP) is 5.78. The lowest BCUT2D eigenvalue weighted by Crippen LogP contribution is -2.31. The van der Waals surface area contributed by atoms with Gasteiger partial charge in [0.05, 0.1) is 12.9 Å².